The summed E-state index contributed by atoms with van der Waals surface area (Å²) in [4.78, 5) is 11.4. The van der Waals surface area contributed by atoms with Gasteiger partial charge in [-0.3, -0.25) is 14.8 Å². The van der Waals surface area contributed by atoms with Crippen molar-refractivity contribution < 1.29 is 18.1 Å². The molecule has 1 aliphatic heterocycles. The smallest absolute Gasteiger partial charge is 0.274 e. The van der Waals surface area contributed by atoms with Gasteiger partial charge in [-0.05, 0) is 60.7 Å². The summed E-state index contributed by atoms with van der Waals surface area (Å²) in [7, 11) is -2.39. The molecule has 0 bridgehead atoms. The number of sulfonamides is 1. The molecule has 0 spiro atoms. The number of rotatable bonds is 6. The van der Waals surface area contributed by atoms with Crippen LogP contribution >= 0.6 is 0 Å². The van der Waals surface area contributed by atoms with Gasteiger partial charge in [0.25, 0.3) is 15.7 Å². The van der Waals surface area contributed by atoms with Gasteiger partial charge in [-0.25, -0.2) is 8.42 Å². The number of nitro benzene ring substituents is 1. The highest BCUT2D eigenvalue weighted by Gasteiger charge is 2.40. The molecular weight excluding hydrogens is 466 g/mol. The van der Waals surface area contributed by atoms with Crippen LogP contribution < -0.4 is 14.8 Å². The third kappa shape index (κ3) is 4.12. The molecular formula is C26H25N3O5S. The topological polar surface area (TPSA) is 111 Å². The molecule has 0 amide bonds. The molecule has 3 atom stereocenters. The Kier molecular flexibility index (Phi) is 5.72. The normalized spacial score (nSPS) is 20.5. The molecule has 35 heavy (non-hydrogen) atoms. The van der Waals surface area contributed by atoms with Gasteiger partial charge in [-0.2, -0.15) is 0 Å². The first kappa shape index (κ1) is 22.9. The summed E-state index contributed by atoms with van der Waals surface area (Å²) in [5.74, 6) is 0.413. The largest absolute Gasteiger partial charge is 0.495 e. The van der Waals surface area contributed by atoms with Crippen LogP contribution in [0.25, 0.3) is 0 Å². The molecule has 0 fully saturated rings. The first-order valence-corrected chi connectivity index (χ1v) is 12.7. The molecule has 0 aromatic heterocycles. The van der Waals surface area contributed by atoms with E-state index in [0.29, 0.717) is 17.0 Å². The predicted molar refractivity (Wildman–Crippen MR) is 134 cm³/mol. The lowest BCUT2D eigenvalue weighted by molar-refractivity contribution is -0.385. The molecule has 0 saturated carbocycles. The molecule has 8 nitrogen and oxygen atoms in total. The lowest BCUT2D eigenvalue weighted by Crippen LogP contribution is -2.30. The monoisotopic (exact) mass is 491 g/mol. The Morgan fingerprint density at radius 2 is 1.89 bits per heavy atom. The molecule has 1 heterocycles. The molecule has 3 aromatic rings. The summed E-state index contributed by atoms with van der Waals surface area (Å²) in [5.41, 5.74) is 3.61. The number of aryl methyl sites for hydroxylation is 1. The Morgan fingerprint density at radius 3 is 2.66 bits per heavy atom. The molecule has 1 aliphatic carbocycles. The van der Waals surface area contributed by atoms with Gasteiger partial charge in [0.05, 0.1) is 34.2 Å². The summed E-state index contributed by atoms with van der Waals surface area (Å²) in [6.07, 6.45) is 4.87. The summed E-state index contributed by atoms with van der Waals surface area (Å²) < 4.78 is 34.5. The minimum absolute atomic E-state index is 0.0337. The number of nitrogens with zero attached hydrogens (tertiary/aromatic N) is 1. The average Bonchev–Trinajstić information content (AvgIpc) is 3.33. The number of para-hydroxylation sites is 1. The third-order valence-corrected chi connectivity index (χ3v) is 8.08. The molecule has 0 radical (unpaired) electrons. The molecule has 9 heteroatoms. The van der Waals surface area contributed by atoms with E-state index in [2.05, 4.69) is 22.2 Å². The number of anilines is 2. The van der Waals surface area contributed by atoms with Crippen molar-refractivity contribution in [1.29, 1.82) is 0 Å². The van der Waals surface area contributed by atoms with Gasteiger partial charge in [-0.15, -0.1) is 0 Å². The van der Waals surface area contributed by atoms with Gasteiger partial charge in [0.15, 0.2) is 0 Å². The third-order valence-electron chi connectivity index (χ3n) is 6.71. The highest BCUT2D eigenvalue weighted by molar-refractivity contribution is 7.92. The summed E-state index contributed by atoms with van der Waals surface area (Å²) in [5, 5.41) is 15.1. The summed E-state index contributed by atoms with van der Waals surface area (Å²) >= 11 is 0. The van der Waals surface area contributed by atoms with Crippen LogP contribution in [0.5, 0.6) is 5.75 Å². The lowest BCUT2D eigenvalue weighted by Gasteiger charge is -2.37. The number of nitrogens with one attached hydrogen (secondary N) is 2. The second-order valence-corrected chi connectivity index (χ2v) is 10.5. The van der Waals surface area contributed by atoms with Crippen molar-refractivity contribution in [2.45, 2.75) is 30.2 Å². The highest BCUT2D eigenvalue weighted by atomic mass is 32.2. The van der Waals surface area contributed by atoms with Crippen LogP contribution in [-0.4, -0.2) is 20.5 Å². The number of nitro groups is 1. The van der Waals surface area contributed by atoms with E-state index in [1.165, 1.54) is 13.2 Å². The fraction of sp³-hybridized carbons (Fsp3) is 0.231. The number of hydrogen-bond acceptors (Lipinski definition) is 6. The van der Waals surface area contributed by atoms with E-state index in [9.17, 15) is 18.5 Å². The van der Waals surface area contributed by atoms with Crippen LogP contribution in [0.2, 0.25) is 0 Å². The zero-order valence-corrected chi connectivity index (χ0v) is 20.1. The summed E-state index contributed by atoms with van der Waals surface area (Å²) in [6.45, 7) is 1.88. The van der Waals surface area contributed by atoms with Crippen molar-refractivity contribution in [2.75, 3.05) is 17.1 Å². The van der Waals surface area contributed by atoms with Gasteiger partial charge in [0.2, 0.25) is 0 Å². The Morgan fingerprint density at radius 1 is 1.09 bits per heavy atom. The molecule has 5 rings (SSSR count). The quantitative estimate of drug-likeness (QED) is 0.266. The van der Waals surface area contributed by atoms with Crippen molar-refractivity contribution in [3.8, 4) is 5.75 Å². The van der Waals surface area contributed by atoms with Crippen molar-refractivity contribution >= 4 is 27.1 Å². The van der Waals surface area contributed by atoms with Crippen LogP contribution in [0.4, 0.5) is 17.1 Å². The van der Waals surface area contributed by atoms with Crippen LogP contribution in [0.15, 0.2) is 77.7 Å². The van der Waals surface area contributed by atoms with Crippen molar-refractivity contribution in [1.82, 2.24) is 0 Å². The molecule has 0 saturated heterocycles. The van der Waals surface area contributed by atoms with Crippen LogP contribution in [0.1, 0.15) is 35.1 Å². The number of ether oxygens (including phenoxy) is 1. The first-order valence-electron chi connectivity index (χ1n) is 11.3. The molecule has 2 aliphatic rings. The number of fused-ring (bicyclic) bond motifs is 3. The minimum Gasteiger partial charge on any atom is -0.495 e. The predicted octanol–water partition coefficient (Wildman–Crippen LogP) is 5.54. The van der Waals surface area contributed by atoms with Crippen LogP contribution in [-0.2, 0) is 10.0 Å². The van der Waals surface area contributed by atoms with Crippen LogP contribution in [0, 0.1) is 23.0 Å². The standard InChI is InChI=1S/C26H25N3O5S/c1-16-10-13-25(34-2)23(14-16)28-35(32,33)17-11-12-22-21(15-17)18-7-5-8-19(18)26(27-22)20-6-3-4-9-24(20)29(30)31/h3-7,9-15,18-19,26-28H,8H2,1-2H3/t18-,19+,26-/m0/s1. The molecule has 180 valence electrons. The SMILES string of the molecule is COc1ccc(C)cc1NS(=O)(=O)c1ccc2c(c1)[C@H]1C=CC[C@H]1[C@@H](c1ccccc1[N+](=O)[O-])N2. The van der Waals surface area contributed by atoms with Gasteiger partial charge in [0.1, 0.15) is 5.75 Å². The fourth-order valence-corrected chi connectivity index (χ4v) is 6.17. The van der Waals surface area contributed by atoms with Gasteiger partial charge in [-0.1, -0.05) is 36.4 Å². The zero-order chi connectivity index (χ0) is 24.7. The van der Waals surface area contributed by atoms with Gasteiger partial charge in [0, 0.05) is 17.7 Å². The maximum absolute atomic E-state index is 13.3. The Bertz CT molecular complexity index is 1450. The minimum atomic E-state index is -3.88. The van der Waals surface area contributed by atoms with Crippen LogP contribution in [0.3, 0.4) is 0 Å². The Labute approximate surface area is 203 Å². The van der Waals surface area contributed by atoms with E-state index in [4.69, 9.17) is 4.74 Å². The van der Waals surface area contributed by atoms with Gasteiger partial charge < -0.3 is 10.1 Å². The maximum Gasteiger partial charge on any atom is 0.274 e. The van der Waals surface area contributed by atoms with E-state index >= 15 is 0 Å². The summed E-state index contributed by atoms with van der Waals surface area (Å²) in [6, 6.07) is 16.8. The first-order chi connectivity index (χ1) is 16.8. The zero-order valence-electron chi connectivity index (χ0n) is 19.3. The van der Waals surface area contributed by atoms with E-state index in [0.717, 1.165) is 23.2 Å². The van der Waals surface area contributed by atoms with Crippen molar-refractivity contribution in [2.24, 2.45) is 5.92 Å². The number of hydrogen-bond donors (Lipinski definition) is 2. The average molecular weight is 492 g/mol. The Hall–Kier alpha value is -3.85. The van der Waals surface area contributed by atoms with Crippen molar-refractivity contribution in [3.63, 3.8) is 0 Å². The molecule has 2 N–H and O–H groups in total. The van der Waals surface area contributed by atoms with E-state index < -0.39 is 10.0 Å². The van der Waals surface area contributed by atoms with Crippen molar-refractivity contribution in [3.05, 3.63) is 99.6 Å². The lowest BCUT2D eigenvalue weighted by atomic mass is 9.76. The number of benzene rings is 3. The number of methoxy groups -OCH3 is 1. The molecule has 3 aromatic carbocycles. The Balaban J connectivity index is 1.52. The highest BCUT2D eigenvalue weighted by Crippen LogP contribution is 2.51. The van der Waals surface area contributed by atoms with E-state index in [1.54, 1.807) is 48.5 Å². The maximum atomic E-state index is 13.3. The fourth-order valence-electron chi connectivity index (χ4n) is 5.07. The second kappa shape index (κ2) is 8.74. The number of allylic oxidation sites excluding steroid dienone is 2. The van der Waals surface area contributed by atoms with E-state index in [-0.39, 0.29) is 33.4 Å². The second-order valence-electron chi connectivity index (χ2n) is 8.85. The van der Waals surface area contributed by atoms with E-state index in [1.807, 2.05) is 13.0 Å². The van der Waals surface area contributed by atoms with Gasteiger partial charge >= 0.3 is 0 Å². The molecule has 0 unspecified atom stereocenters.